The van der Waals surface area contributed by atoms with Crippen LogP contribution in [0.5, 0.6) is 0 Å². The van der Waals surface area contributed by atoms with Gasteiger partial charge in [0.05, 0.1) is 0 Å². The molecule has 11 rings (SSSR count). The molecule has 3 nitrogen and oxygen atoms in total. The van der Waals surface area contributed by atoms with E-state index in [9.17, 15) is 0 Å². The minimum atomic E-state index is -0.0930. The number of aromatic nitrogens is 3. The Morgan fingerprint density at radius 1 is 0.377 bits per heavy atom. The fraction of sp³-hybridized carbons (Fsp3) is 0.0600. The highest BCUT2D eigenvalue weighted by Gasteiger charge is 2.38. The third-order valence-corrected chi connectivity index (χ3v) is 11.4. The van der Waals surface area contributed by atoms with Crippen molar-refractivity contribution in [1.82, 2.24) is 15.0 Å². The molecule has 0 atom stereocenters. The van der Waals surface area contributed by atoms with Crippen molar-refractivity contribution in [1.29, 1.82) is 0 Å². The normalized spacial score (nSPS) is 13.2. The molecule has 0 N–H and O–H groups in total. The molecule has 0 saturated carbocycles. The molecule has 3 heteroatoms. The molecule has 0 aliphatic heterocycles. The third kappa shape index (κ3) is 4.44. The van der Waals surface area contributed by atoms with Gasteiger partial charge in [-0.25, -0.2) is 15.0 Å². The van der Waals surface area contributed by atoms with E-state index in [2.05, 4.69) is 159 Å². The van der Waals surface area contributed by atoms with Crippen LogP contribution in [-0.4, -0.2) is 15.0 Å². The second kappa shape index (κ2) is 11.1. The molecule has 0 amide bonds. The van der Waals surface area contributed by atoms with E-state index in [1.807, 2.05) is 18.2 Å². The third-order valence-electron chi connectivity index (χ3n) is 11.4. The van der Waals surface area contributed by atoms with Gasteiger partial charge in [0.25, 0.3) is 0 Å². The maximum absolute atomic E-state index is 5.15. The van der Waals surface area contributed by atoms with E-state index in [4.69, 9.17) is 15.0 Å². The second-order valence-electron chi connectivity index (χ2n) is 14.8. The quantitative estimate of drug-likeness (QED) is 0.175. The van der Waals surface area contributed by atoms with Gasteiger partial charge in [-0.3, -0.25) is 0 Å². The number of hydrogen-bond donors (Lipinski definition) is 0. The van der Waals surface area contributed by atoms with Gasteiger partial charge < -0.3 is 0 Å². The Kier molecular flexibility index (Phi) is 6.30. The van der Waals surface area contributed by atoms with Crippen molar-refractivity contribution in [3.8, 4) is 45.3 Å². The minimum absolute atomic E-state index is 0.0930. The zero-order chi connectivity index (χ0) is 35.3. The zero-order valence-electron chi connectivity index (χ0n) is 29.4. The van der Waals surface area contributed by atoms with Gasteiger partial charge >= 0.3 is 0 Å². The van der Waals surface area contributed by atoms with Crippen LogP contribution < -0.4 is 0 Å². The van der Waals surface area contributed by atoms with Crippen molar-refractivity contribution in [2.24, 2.45) is 0 Å². The standard InChI is InChI=1S/C50H33N3/c1-50(2)43-19-11-10-18-41(43)45-42-27-22-33-29-35(24-26-38(33)44(42)39-16-8-9-17-40(39)46(45)50)49-52-47(31-13-4-3-5-14-31)51-48(53-49)34-23-25-37-32(28-34)21-20-30-12-6-7-15-36(30)37/h3-29H,1-2H3. The summed E-state index contributed by atoms with van der Waals surface area (Å²) in [5.41, 5.74) is 8.30. The molecule has 1 aromatic heterocycles. The van der Waals surface area contributed by atoms with Crippen LogP contribution in [0.4, 0.5) is 0 Å². The number of rotatable bonds is 3. The van der Waals surface area contributed by atoms with Crippen LogP contribution in [0.25, 0.3) is 99.2 Å². The van der Waals surface area contributed by atoms with E-state index < -0.39 is 0 Å². The van der Waals surface area contributed by atoms with Crippen molar-refractivity contribution in [2.75, 3.05) is 0 Å². The molecule has 9 aromatic carbocycles. The molecular weight excluding hydrogens is 643 g/mol. The van der Waals surface area contributed by atoms with Crippen LogP contribution in [0.2, 0.25) is 0 Å². The van der Waals surface area contributed by atoms with Gasteiger partial charge in [0.2, 0.25) is 0 Å². The molecule has 248 valence electrons. The Morgan fingerprint density at radius 3 is 1.68 bits per heavy atom. The zero-order valence-corrected chi connectivity index (χ0v) is 29.4. The predicted octanol–water partition coefficient (Wildman–Crippen LogP) is 12.9. The molecule has 1 heterocycles. The van der Waals surface area contributed by atoms with E-state index in [1.165, 1.54) is 65.3 Å². The van der Waals surface area contributed by atoms with Crippen LogP contribution in [-0.2, 0) is 5.41 Å². The minimum Gasteiger partial charge on any atom is -0.208 e. The molecule has 53 heavy (non-hydrogen) atoms. The summed E-state index contributed by atoms with van der Waals surface area (Å²) < 4.78 is 0. The van der Waals surface area contributed by atoms with Gasteiger partial charge in [-0.15, -0.1) is 0 Å². The fourth-order valence-corrected chi connectivity index (χ4v) is 8.97. The SMILES string of the molecule is CC1(C)c2ccccc2-c2c1c1ccccc1c1c2ccc2cc(-c3nc(-c4ccccc4)nc(-c4ccc5c(ccc6ccccc65)c4)n3)ccc21. The molecule has 0 fully saturated rings. The van der Waals surface area contributed by atoms with Gasteiger partial charge in [0, 0.05) is 22.1 Å². The van der Waals surface area contributed by atoms with E-state index >= 15 is 0 Å². The van der Waals surface area contributed by atoms with E-state index in [-0.39, 0.29) is 5.41 Å². The summed E-state index contributed by atoms with van der Waals surface area (Å²) in [4.78, 5) is 15.3. The summed E-state index contributed by atoms with van der Waals surface area (Å²) in [6, 6.07) is 58.8. The molecule has 0 radical (unpaired) electrons. The smallest absolute Gasteiger partial charge is 0.164 e. The number of fused-ring (bicyclic) bond motifs is 13. The van der Waals surface area contributed by atoms with Gasteiger partial charge in [-0.2, -0.15) is 0 Å². The largest absolute Gasteiger partial charge is 0.208 e. The Balaban J connectivity index is 1.12. The first-order valence-corrected chi connectivity index (χ1v) is 18.3. The fourth-order valence-electron chi connectivity index (χ4n) is 8.97. The van der Waals surface area contributed by atoms with E-state index in [1.54, 1.807) is 0 Å². The lowest BCUT2D eigenvalue weighted by Gasteiger charge is -2.24. The molecule has 0 bridgehead atoms. The Labute approximate surface area is 307 Å². The number of nitrogens with zero attached hydrogens (tertiary/aromatic N) is 3. The highest BCUT2D eigenvalue weighted by Crippen LogP contribution is 2.55. The average molecular weight is 676 g/mol. The highest BCUT2D eigenvalue weighted by atomic mass is 15.0. The number of hydrogen-bond acceptors (Lipinski definition) is 3. The summed E-state index contributed by atoms with van der Waals surface area (Å²) >= 11 is 0. The molecule has 1 aliphatic rings. The predicted molar refractivity (Wildman–Crippen MR) is 221 cm³/mol. The van der Waals surface area contributed by atoms with Crippen molar-refractivity contribution < 1.29 is 0 Å². The van der Waals surface area contributed by atoms with Gasteiger partial charge in [0.15, 0.2) is 17.5 Å². The first-order chi connectivity index (χ1) is 26.0. The topological polar surface area (TPSA) is 38.7 Å². The first-order valence-electron chi connectivity index (χ1n) is 18.3. The Bertz CT molecular complexity index is 3140. The van der Waals surface area contributed by atoms with Gasteiger partial charge in [-0.05, 0) is 88.2 Å². The highest BCUT2D eigenvalue weighted by molar-refractivity contribution is 6.26. The lowest BCUT2D eigenvalue weighted by Crippen LogP contribution is -2.15. The lowest BCUT2D eigenvalue weighted by molar-refractivity contribution is 0.666. The van der Waals surface area contributed by atoms with Gasteiger partial charge in [-0.1, -0.05) is 166 Å². The Hall–Kier alpha value is -6.71. The summed E-state index contributed by atoms with van der Waals surface area (Å²) in [6.07, 6.45) is 0. The van der Waals surface area contributed by atoms with Crippen molar-refractivity contribution in [2.45, 2.75) is 19.3 Å². The molecule has 1 aliphatic carbocycles. The Morgan fingerprint density at radius 2 is 0.906 bits per heavy atom. The van der Waals surface area contributed by atoms with Crippen LogP contribution >= 0.6 is 0 Å². The monoisotopic (exact) mass is 675 g/mol. The van der Waals surface area contributed by atoms with Crippen molar-refractivity contribution in [3.63, 3.8) is 0 Å². The van der Waals surface area contributed by atoms with Crippen LogP contribution in [0.3, 0.4) is 0 Å². The maximum atomic E-state index is 5.15. The lowest BCUT2D eigenvalue weighted by atomic mass is 9.79. The molecule has 0 unspecified atom stereocenters. The average Bonchev–Trinajstić information content (AvgIpc) is 3.47. The van der Waals surface area contributed by atoms with E-state index in [0.717, 1.165) is 27.5 Å². The maximum Gasteiger partial charge on any atom is 0.164 e. The van der Waals surface area contributed by atoms with Crippen LogP contribution in [0, 0.1) is 0 Å². The summed E-state index contributed by atoms with van der Waals surface area (Å²) in [5, 5.41) is 12.4. The van der Waals surface area contributed by atoms with Gasteiger partial charge in [0.1, 0.15) is 0 Å². The second-order valence-corrected chi connectivity index (χ2v) is 14.8. The first kappa shape index (κ1) is 30.0. The molecule has 0 spiro atoms. The molecule has 0 saturated heterocycles. The summed E-state index contributed by atoms with van der Waals surface area (Å²) in [6.45, 7) is 4.74. The van der Waals surface area contributed by atoms with Crippen molar-refractivity contribution >= 4 is 53.9 Å². The molecular formula is C50H33N3. The van der Waals surface area contributed by atoms with Crippen LogP contribution in [0.1, 0.15) is 25.0 Å². The van der Waals surface area contributed by atoms with E-state index in [0.29, 0.717) is 17.5 Å². The van der Waals surface area contributed by atoms with Crippen molar-refractivity contribution in [3.05, 3.63) is 175 Å². The molecule has 10 aromatic rings. The van der Waals surface area contributed by atoms with Crippen LogP contribution in [0.15, 0.2) is 164 Å². The summed E-state index contributed by atoms with van der Waals surface area (Å²) in [5.74, 6) is 1.97. The summed E-state index contributed by atoms with van der Waals surface area (Å²) in [7, 11) is 0. The number of benzene rings is 9.